The molecular formula is C21H26N2O3S. The van der Waals surface area contributed by atoms with Crippen LogP contribution in [-0.4, -0.2) is 42.0 Å². The van der Waals surface area contributed by atoms with Crippen molar-refractivity contribution < 1.29 is 14.3 Å². The zero-order chi connectivity index (χ0) is 19.4. The molecule has 144 valence electrons. The fraction of sp³-hybridized carbons (Fsp3) is 0.429. The van der Waals surface area contributed by atoms with Crippen molar-refractivity contribution in [2.75, 3.05) is 19.7 Å². The molecule has 1 aliphatic rings. The van der Waals surface area contributed by atoms with Crippen molar-refractivity contribution in [2.24, 2.45) is 11.7 Å². The highest BCUT2D eigenvalue weighted by Crippen LogP contribution is 2.28. The van der Waals surface area contributed by atoms with Gasteiger partial charge in [0.15, 0.2) is 5.60 Å². The first-order valence-corrected chi connectivity index (χ1v) is 10.1. The molecule has 3 rings (SSSR count). The number of rotatable bonds is 6. The van der Waals surface area contributed by atoms with Gasteiger partial charge in [0, 0.05) is 24.3 Å². The number of carbonyl (C=O) groups is 2. The van der Waals surface area contributed by atoms with E-state index in [1.807, 2.05) is 49.6 Å². The maximum atomic E-state index is 12.5. The van der Waals surface area contributed by atoms with Crippen LogP contribution >= 0.6 is 11.3 Å². The molecule has 0 aliphatic carbocycles. The van der Waals surface area contributed by atoms with Crippen molar-refractivity contribution in [3.8, 4) is 10.4 Å². The Hall–Kier alpha value is -2.18. The number of hydrogen-bond donors (Lipinski definition) is 1. The quantitative estimate of drug-likeness (QED) is 0.829. The lowest BCUT2D eigenvalue weighted by Crippen LogP contribution is -2.61. The van der Waals surface area contributed by atoms with Crippen LogP contribution in [0.1, 0.15) is 25.8 Å². The molecule has 0 spiro atoms. The number of ether oxygens (including phenoxy) is 1. The summed E-state index contributed by atoms with van der Waals surface area (Å²) >= 11 is 1.69. The van der Waals surface area contributed by atoms with Crippen molar-refractivity contribution in [3.63, 3.8) is 0 Å². The first kappa shape index (κ1) is 19.6. The SMILES string of the molecule is CC(C)CC(=O)N1CCOC(Cc2ccc(-c3cccs3)cc2)(C(N)=O)C1. The van der Waals surface area contributed by atoms with Crippen LogP contribution < -0.4 is 5.73 Å². The molecule has 27 heavy (non-hydrogen) atoms. The molecule has 2 aromatic rings. The van der Waals surface area contributed by atoms with Gasteiger partial charge in [-0.05, 0) is 28.5 Å². The average Bonchev–Trinajstić information content (AvgIpc) is 3.16. The number of nitrogens with two attached hydrogens (primary N) is 1. The fourth-order valence-corrected chi connectivity index (χ4v) is 4.11. The largest absolute Gasteiger partial charge is 0.367 e. The fourth-order valence-electron chi connectivity index (χ4n) is 3.38. The predicted octanol–water partition coefficient (Wildman–Crippen LogP) is 3.09. The maximum Gasteiger partial charge on any atom is 0.251 e. The predicted molar refractivity (Wildman–Crippen MR) is 107 cm³/mol. The van der Waals surface area contributed by atoms with Crippen LogP contribution in [0.3, 0.4) is 0 Å². The molecule has 0 bridgehead atoms. The van der Waals surface area contributed by atoms with E-state index in [2.05, 4.69) is 6.07 Å². The van der Waals surface area contributed by atoms with Crippen LogP contribution in [0.4, 0.5) is 0 Å². The van der Waals surface area contributed by atoms with Gasteiger partial charge in [0.2, 0.25) is 5.91 Å². The van der Waals surface area contributed by atoms with Crippen molar-refractivity contribution >= 4 is 23.2 Å². The van der Waals surface area contributed by atoms with Gasteiger partial charge in [-0.3, -0.25) is 9.59 Å². The standard InChI is InChI=1S/C21H26N2O3S/c1-15(2)12-19(24)23-9-10-26-21(14-23,20(22)25)13-16-5-7-17(8-6-16)18-4-3-11-27-18/h3-8,11,15H,9-10,12-14H2,1-2H3,(H2,22,25). The molecule has 2 heterocycles. The Morgan fingerprint density at radius 2 is 2.00 bits per heavy atom. The number of amides is 2. The Morgan fingerprint density at radius 3 is 2.59 bits per heavy atom. The van der Waals surface area contributed by atoms with Gasteiger partial charge in [0.1, 0.15) is 0 Å². The monoisotopic (exact) mass is 386 g/mol. The Morgan fingerprint density at radius 1 is 1.26 bits per heavy atom. The molecule has 1 aromatic carbocycles. The molecule has 6 heteroatoms. The Bertz CT molecular complexity index is 786. The molecule has 1 atom stereocenters. The molecule has 1 aliphatic heterocycles. The number of benzene rings is 1. The van der Waals surface area contributed by atoms with E-state index in [1.165, 1.54) is 4.88 Å². The van der Waals surface area contributed by atoms with Crippen molar-refractivity contribution in [3.05, 3.63) is 47.3 Å². The number of morpholine rings is 1. The number of primary amides is 1. The molecule has 0 saturated carbocycles. The molecule has 1 aromatic heterocycles. The van der Waals surface area contributed by atoms with E-state index in [4.69, 9.17) is 10.5 Å². The highest BCUT2D eigenvalue weighted by molar-refractivity contribution is 7.13. The average molecular weight is 387 g/mol. The second-order valence-corrected chi connectivity index (χ2v) is 8.42. The number of nitrogens with zero attached hydrogens (tertiary/aromatic N) is 1. The second kappa shape index (κ2) is 8.23. The third-order valence-corrected chi connectivity index (χ3v) is 5.74. The second-order valence-electron chi connectivity index (χ2n) is 7.47. The highest BCUT2D eigenvalue weighted by atomic mass is 32.1. The van der Waals surface area contributed by atoms with Gasteiger partial charge in [-0.1, -0.05) is 44.2 Å². The van der Waals surface area contributed by atoms with Gasteiger partial charge in [-0.25, -0.2) is 0 Å². The van der Waals surface area contributed by atoms with Gasteiger partial charge in [0.05, 0.1) is 13.2 Å². The van der Waals surface area contributed by atoms with Crippen molar-refractivity contribution in [1.82, 2.24) is 4.90 Å². The lowest BCUT2D eigenvalue weighted by Gasteiger charge is -2.41. The van der Waals surface area contributed by atoms with Crippen LogP contribution in [0.5, 0.6) is 0 Å². The Kier molecular flexibility index (Phi) is 5.97. The molecule has 5 nitrogen and oxygen atoms in total. The first-order chi connectivity index (χ1) is 12.9. The Balaban J connectivity index is 1.76. The molecule has 0 radical (unpaired) electrons. The summed E-state index contributed by atoms with van der Waals surface area (Å²) in [4.78, 5) is 27.7. The van der Waals surface area contributed by atoms with Crippen LogP contribution in [0.15, 0.2) is 41.8 Å². The van der Waals surface area contributed by atoms with E-state index >= 15 is 0 Å². The van der Waals surface area contributed by atoms with Crippen molar-refractivity contribution in [2.45, 2.75) is 32.3 Å². The Labute approximate surface area is 164 Å². The van der Waals surface area contributed by atoms with Crippen LogP contribution in [0.25, 0.3) is 10.4 Å². The zero-order valence-corrected chi connectivity index (χ0v) is 16.6. The summed E-state index contributed by atoms with van der Waals surface area (Å²) in [6, 6.07) is 12.2. The van der Waals surface area contributed by atoms with Gasteiger partial charge in [-0.15, -0.1) is 11.3 Å². The molecule has 1 unspecified atom stereocenters. The zero-order valence-electron chi connectivity index (χ0n) is 15.8. The van der Waals surface area contributed by atoms with Crippen molar-refractivity contribution in [1.29, 1.82) is 0 Å². The first-order valence-electron chi connectivity index (χ1n) is 9.24. The molecule has 2 N–H and O–H groups in total. The van der Waals surface area contributed by atoms with Crippen LogP contribution in [0, 0.1) is 5.92 Å². The van der Waals surface area contributed by atoms with Crippen LogP contribution in [-0.2, 0) is 20.7 Å². The summed E-state index contributed by atoms with van der Waals surface area (Å²) in [5, 5.41) is 2.05. The van der Waals surface area contributed by atoms with Gasteiger partial charge >= 0.3 is 0 Å². The number of carbonyl (C=O) groups excluding carboxylic acids is 2. The number of thiophene rings is 1. The van der Waals surface area contributed by atoms with Gasteiger partial charge in [0.25, 0.3) is 5.91 Å². The lowest BCUT2D eigenvalue weighted by atomic mass is 9.90. The van der Waals surface area contributed by atoms with E-state index in [0.717, 1.165) is 11.1 Å². The molecular weight excluding hydrogens is 360 g/mol. The summed E-state index contributed by atoms with van der Waals surface area (Å²) in [5.74, 6) is -0.202. The van der Waals surface area contributed by atoms with E-state index in [9.17, 15) is 9.59 Å². The van der Waals surface area contributed by atoms with Crippen LogP contribution in [0.2, 0.25) is 0 Å². The molecule has 1 fully saturated rings. The van der Waals surface area contributed by atoms with E-state index < -0.39 is 11.5 Å². The highest BCUT2D eigenvalue weighted by Gasteiger charge is 2.43. The maximum absolute atomic E-state index is 12.5. The summed E-state index contributed by atoms with van der Waals surface area (Å²) < 4.78 is 5.85. The summed E-state index contributed by atoms with van der Waals surface area (Å²) in [7, 11) is 0. The van der Waals surface area contributed by atoms with E-state index in [1.54, 1.807) is 16.2 Å². The third kappa shape index (κ3) is 4.57. The molecule has 2 amide bonds. The van der Waals surface area contributed by atoms with E-state index in [-0.39, 0.29) is 18.4 Å². The summed E-state index contributed by atoms with van der Waals surface area (Å²) in [6.45, 7) is 5.04. The number of hydrogen-bond acceptors (Lipinski definition) is 4. The smallest absolute Gasteiger partial charge is 0.251 e. The minimum atomic E-state index is -1.17. The summed E-state index contributed by atoms with van der Waals surface area (Å²) in [5.41, 5.74) is 6.65. The topological polar surface area (TPSA) is 72.6 Å². The lowest BCUT2D eigenvalue weighted by molar-refractivity contribution is -0.163. The van der Waals surface area contributed by atoms with Gasteiger partial charge in [-0.2, -0.15) is 0 Å². The minimum Gasteiger partial charge on any atom is -0.367 e. The normalized spacial score (nSPS) is 20.0. The summed E-state index contributed by atoms with van der Waals surface area (Å²) in [6.07, 6.45) is 0.822. The third-order valence-electron chi connectivity index (χ3n) is 4.82. The molecule has 1 saturated heterocycles. The van der Waals surface area contributed by atoms with Gasteiger partial charge < -0.3 is 15.4 Å². The van der Waals surface area contributed by atoms with E-state index in [0.29, 0.717) is 26.0 Å². The minimum absolute atomic E-state index is 0.0481.